The summed E-state index contributed by atoms with van der Waals surface area (Å²) in [5.41, 5.74) is 2.31. The molecule has 0 saturated carbocycles. The second-order valence-electron chi connectivity index (χ2n) is 6.35. The van der Waals surface area contributed by atoms with E-state index in [2.05, 4.69) is 19.1 Å². The predicted octanol–water partition coefficient (Wildman–Crippen LogP) is 3.61. The lowest BCUT2D eigenvalue weighted by atomic mass is 10.1. The van der Waals surface area contributed by atoms with Crippen LogP contribution in [0.25, 0.3) is 0 Å². The lowest BCUT2D eigenvalue weighted by molar-refractivity contribution is -0.151. The summed E-state index contributed by atoms with van der Waals surface area (Å²) >= 11 is 0. The van der Waals surface area contributed by atoms with E-state index in [1.54, 1.807) is 11.9 Å². The van der Waals surface area contributed by atoms with Crippen molar-refractivity contribution in [3.8, 4) is 5.75 Å². The number of rotatable bonds is 10. The van der Waals surface area contributed by atoms with Gasteiger partial charge in [-0.15, -0.1) is 0 Å². The predicted molar refractivity (Wildman–Crippen MR) is 104 cm³/mol. The maximum absolute atomic E-state index is 12.1. The summed E-state index contributed by atoms with van der Waals surface area (Å²) in [6, 6.07) is 17.6. The van der Waals surface area contributed by atoms with E-state index in [1.807, 2.05) is 42.5 Å². The van der Waals surface area contributed by atoms with E-state index in [4.69, 9.17) is 9.47 Å². The van der Waals surface area contributed by atoms with Crippen LogP contribution in [-0.2, 0) is 27.3 Å². The van der Waals surface area contributed by atoms with Crippen molar-refractivity contribution in [3.63, 3.8) is 0 Å². The number of likely N-dealkylation sites (N-methyl/N-ethyl adjacent to an activating group) is 1. The van der Waals surface area contributed by atoms with E-state index < -0.39 is 0 Å². The van der Waals surface area contributed by atoms with Gasteiger partial charge in [0.2, 0.25) is 0 Å². The van der Waals surface area contributed by atoms with Gasteiger partial charge in [-0.3, -0.25) is 9.59 Å². The molecule has 0 heterocycles. The van der Waals surface area contributed by atoms with Crippen molar-refractivity contribution in [2.24, 2.45) is 0 Å². The number of ether oxygens (including phenoxy) is 2. The number of benzene rings is 2. The molecule has 0 atom stereocenters. The molecular weight excluding hydrogens is 342 g/mol. The van der Waals surface area contributed by atoms with E-state index >= 15 is 0 Å². The molecule has 27 heavy (non-hydrogen) atoms. The molecule has 2 rings (SSSR count). The molecule has 0 aromatic heterocycles. The summed E-state index contributed by atoms with van der Waals surface area (Å²) in [5.74, 6) is 0.166. The van der Waals surface area contributed by atoms with Crippen molar-refractivity contribution in [2.45, 2.75) is 32.7 Å². The Balaban J connectivity index is 1.62. The average molecular weight is 369 g/mol. The lowest BCUT2D eigenvalue weighted by Gasteiger charge is -2.17. The SMILES string of the molecule is CCc1ccc(CN(C)C(=O)COC(=O)CCCOc2ccccc2)cc1. The Hall–Kier alpha value is -2.82. The van der Waals surface area contributed by atoms with E-state index in [9.17, 15) is 9.59 Å². The fourth-order valence-electron chi connectivity index (χ4n) is 2.49. The molecule has 5 heteroatoms. The quantitative estimate of drug-likeness (QED) is 0.474. The zero-order valence-electron chi connectivity index (χ0n) is 16.0. The molecule has 0 radical (unpaired) electrons. The van der Waals surface area contributed by atoms with Gasteiger partial charge in [-0.2, -0.15) is 0 Å². The first-order chi connectivity index (χ1) is 13.1. The Bertz CT molecular complexity index is 713. The van der Waals surface area contributed by atoms with E-state index in [-0.39, 0.29) is 24.9 Å². The Morgan fingerprint density at radius 3 is 2.30 bits per heavy atom. The van der Waals surface area contributed by atoms with Crippen molar-refractivity contribution < 1.29 is 19.1 Å². The molecule has 1 amide bonds. The van der Waals surface area contributed by atoms with E-state index in [1.165, 1.54) is 5.56 Å². The molecule has 0 aliphatic rings. The van der Waals surface area contributed by atoms with Crippen molar-refractivity contribution in [1.29, 1.82) is 0 Å². The van der Waals surface area contributed by atoms with Gasteiger partial charge in [0.15, 0.2) is 6.61 Å². The van der Waals surface area contributed by atoms with Gasteiger partial charge in [0.1, 0.15) is 5.75 Å². The monoisotopic (exact) mass is 369 g/mol. The number of amides is 1. The first-order valence-electron chi connectivity index (χ1n) is 9.23. The minimum atomic E-state index is -0.388. The molecule has 2 aromatic carbocycles. The number of hydrogen-bond acceptors (Lipinski definition) is 4. The van der Waals surface area contributed by atoms with Crippen LogP contribution in [0.15, 0.2) is 54.6 Å². The van der Waals surface area contributed by atoms with Gasteiger partial charge in [0.25, 0.3) is 5.91 Å². The highest BCUT2D eigenvalue weighted by molar-refractivity contribution is 5.80. The van der Waals surface area contributed by atoms with Gasteiger partial charge in [0, 0.05) is 20.0 Å². The van der Waals surface area contributed by atoms with Crippen LogP contribution < -0.4 is 4.74 Å². The molecule has 2 aromatic rings. The number of aryl methyl sites for hydroxylation is 1. The normalized spacial score (nSPS) is 10.3. The lowest BCUT2D eigenvalue weighted by Crippen LogP contribution is -2.30. The van der Waals surface area contributed by atoms with Crippen LogP contribution in [0.4, 0.5) is 0 Å². The minimum Gasteiger partial charge on any atom is -0.494 e. The third kappa shape index (κ3) is 7.52. The van der Waals surface area contributed by atoms with Gasteiger partial charge >= 0.3 is 5.97 Å². The van der Waals surface area contributed by atoms with Crippen molar-refractivity contribution in [3.05, 3.63) is 65.7 Å². The number of esters is 1. The van der Waals surface area contributed by atoms with E-state index in [0.717, 1.165) is 17.7 Å². The Kier molecular flexibility index (Phi) is 8.36. The smallest absolute Gasteiger partial charge is 0.306 e. The van der Waals surface area contributed by atoms with Crippen LogP contribution in [0.2, 0.25) is 0 Å². The van der Waals surface area contributed by atoms with Crippen molar-refractivity contribution in [2.75, 3.05) is 20.3 Å². The molecule has 5 nitrogen and oxygen atoms in total. The fraction of sp³-hybridized carbons (Fsp3) is 0.364. The Morgan fingerprint density at radius 1 is 0.963 bits per heavy atom. The third-order valence-corrected chi connectivity index (χ3v) is 4.17. The molecule has 0 bridgehead atoms. The maximum Gasteiger partial charge on any atom is 0.306 e. The van der Waals surface area contributed by atoms with Crippen LogP contribution >= 0.6 is 0 Å². The largest absolute Gasteiger partial charge is 0.494 e. The van der Waals surface area contributed by atoms with Crippen LogP contribution in [0.3, 0.4) is 0 Å². The van der Waals surface area contributed by atoms with Crippen LogP contribution in [0.5, 0.6) is 5.75 Å². The molecule has 0 saturated heterocycles. The van der Waals surface area contributed by atoms with Gasteiger partial charge in [-0.05, 0) is 36.1 Å². The molecule has 0 fully saturated rings. The fourth-order valence-corrected chi connectivity index (χ4v) is 2.49. The molecule has 144 valence electrons. The zero-order valence-corrected chi connectivity index (χ0v) is 16.0. The van der Waals surface area contributed by atoms with Gasteiger partial charge < -0.3 is 14.4 Å². The van der Waals surface area contributed by atoms with Crippen LogP contribution in [0, 0.1) is 0 Å². The second kappa shape index (κ2) is 11.0. The standard InChI is InChI=1S/C22H27NO4/c1-3-18-11-13-19(14-12-18)16-23(2)21(24)17-27-22(25)10-7-15-26-20-8-5-4-6-9-20/h4-6,8-9,11-14H,3,7,10,15-17H2,1-2H3. The molecule has 0 aliphatic carbocycles. The highest BCUT2D eigenvalue weighted by atomic mass is 16.5. The summed E-state index contributed by atoms with van der Waals surface area (Å²) in [7, 11) is 1.71. The molecular formula is C22H27NO4. The van der Waals surface area contributed by atoms with Crippen molar-refractivity contribution >= 4 is 11.9 Å². The summed E-state index contributed by atoms with van der Waals surface area (Å²) in [4.78, 5) is 25.4. The third-order valence-electron chi connectivity index (χ3n) is 4.17. The van der Waals surface area contributed by atoms with Crippen molar-refractivity contribution in [1.82, 2.24) is 4.90 Å². The van der Waals surface area contributed by atoms with Crippen LogP contribution in [-0.4, -0.2) is 37.0 Å². The molecule has 0 aliphatic heterocycles. The summed E-state index contributed by atoms with van der Waals surface area (Å²) in [6.45, 7) is 2.79. The highest BCUT2D eigenvalue weighted by Gasteiger charge is 2.12. The maximum atomic E-state index is 12.1. The summed E-state index contributed by atoms with van der Waals surface area (Å²) in [5, 5.41) is 0. The Labute approximate surface area is 160 Å². The number of hydrogen-bond donors (Lipinski definition) is 0. The number of carbonyl (C=O) groups excluding carboxylic acids is 2. The topological polar surface area (TPSA) is 55.8 Å². The number of para-hydroxylation sites is 1. The second-order valence-corrected chi connectivity index (χ2v) is 6.35. The number of nitrogens with zero attached hydrogens (tertiary/aromatic N) is 1. The first-order valence-corrected chi connectivity index (χ1v) is 9.23. The average Bonchev–Trinajstić information content (AvgIpc) is 2.70. The molecule has 0 unspecified atom stereocenters. The van der Waals surface area contributed by atoms with Gasteiger partial charge in [-0.1, -0.05) is 49.4 Å². The van der Waals surface area contributed by atoms with Gasteiger partial charge in [-0.25, -0.2) is 0 Å². The van der Waals surface area contributed by atoms with Gasteiger partial charge in [0.05, 0.1) is 6.61 Å². The summed E-state index contributed by atoms with van der Waals surface area (Å²) < 4.78 is 10.6. The minimum absolute atomic E-state index is 0.219. The Morgan fingerprint density at radius 2 is 1.63 bits per heavy atom. The summed E-state index contributed by atoms with van der Waals surface area (Å²) in [6.07, 6.45) is 1.76. The highest BCUT2D eigenvalue weighted by Crippen LogP contribution is 2.09. The molecule has 0 spiro atoms. The molecule has 0 N–H and O–H groups in total. The number of carbonyl (C=O) groups is 2. The first kappa shape index (κ1) is 20.5. The van der Waals surface area contributed by atoms with E-state index in [0.29, 0.717) is 19.6 Å². The van der Waals surface area contributed by atoms with Crippen LogP contribution in [0.1, 0.15) is 30.9 Å². The zero-order chi connectivity index (χ0) is 19.5.